The minimum absolute atomic E-state index is 0.0116. The van der Waals surface area contributed by atoms with Crippen LogP contribution in [0.4, 0.5) is 5.69 Å². The zero-order valence-electron chi connectivity index (χ0n) is 14.7. The summed E-state index contributed by atoms with van der Waals surface area (Å²) in [6.45, 7) is 4.62. The number of non-ortho nitro benzene ring substituents is 1. The van der Waals surface area contributed by atoms with Crippen molar-refractivity contribution in [3.8, 4) is 11.3 Å². The second-order valence-corrected chi connectivity index (χ2v) is 7.33. The van der Waals surface area contributed by atoms with Gasteiger partial charge in [-0.25, -0.2) is 0 Å². The topological polar surface area (TPSA) is 77.5 Å². The van der Waals surface area contributed by atoms with Gasteiger partial charge in [-0.05, 0) is 25.5 Å². The van der Waals surface area contributed by atoms with Crippen LogP contribution >= 0.6 is 22.9 Å². The zero-order valence-corrected chi connectivity index (χ0v) is 16.3. The molecule has 1 amide bonds. The van der Waals surface area contributed by atoms with Gasteiger partial charge in [-0.15, -0.1) is 11.3 Å². The van der Waals surface area contributed by atoms with E-state index in [-0.39, 0.29) is 16.3 Å². The van der Waals surface area contributed by atoms with E-state index in [0.29, 0.717) is 11.3 Å². The zero-order chi connectivity index (χ0) is 19.6. The summed E-state index contributed by atoms with van der Waals surface area (Å²) in [5.74, 6) is -0.530. The van der Waals surface area contributed by atoms with Crippen molar-refractivity contribution in [1.29, 1.82) is 0 Å². The van der Waals surface area contributed by atoms with E-state index >= 15 is 0 Å². The first kappa shape index (κ1) is 19.0. The van der Waals surface area contributed by atoms with E-state index in [1.807, 2.05) is 48.7 Å². The third-order valence-electron chi connectivity index (χ3n) is 4.03. The van der Waals surface area contributed by atoms with E-state index in [1.165, 1.54) is 23.5 Å². The molecule has 2 aromatic carbocycles. The Hall–Kier alpha value is -2.77. The number of halogens is 1. The Kier molecular flexibility index (Phi) is 5.53. The Balaban J connectivity index is 2.08. The number of thiazole rings is 1. The SMILES string of the molecule is CCn1c(-c2ccccc2)c(C)sc1=NC(=O)c1ccc([N+](=O)[O-])cc1Cl. The van der Waals surface area contributed by atoms with Crippen molar-refractivity contribution in [2.45, 2.75) is 20.4 Å². The highest BCUT2D eigenvalue weighted by atomic mass is 35.5. The van der Waals surface area contributed by atoms with E-state index in [0.717, 1.165) is 22.2 Å². The molecule has 6 nitrogen and oxygen atoms in total. The standard InChI is InChI=1S/C19H16ClN3O3S/c1-3-22-17(13-7-5-4-6-8-13)12(2)27-19(22)21-18(24)15-10-9-14(23(25)26)11-16(15)20/h4-11H,3H2,1-2H3. The fourth-order valence-electron chi connectivity index (χ4n) is 2.80. The number of carbonyl (C=O) groups is 1. The summed E-state index contributed by atoms with van der Waals surface area (Å²) in [6.07, 6.45) is 0. The smallest absolute Gasteiger partial charge is 0.281 e. The predicted octanol–water partition coefficient (Wildman–Crippen LogP) is 4.85. The van der Waals surface area contributed by atoms with Crippen molar-refractivity contribution in [3.63, 3.8) is 0 Å². The predicted molar refractivity (Wildman–Crippen MR) is 106 cm³/mol. The molecule has 0 spiro atoms. The Labute approximate surface area is 164 Å². The summed E-state index contributed by atoms with van der Waals surface area (Å²) in [5, 5.41) is 10.8. The van der Waals surface area contributed by atoms with Gasteiger partial charge in [0.2, 0.25) is 0 Å². The van der Waals surface area contributed by atoms with Crippen molar-refractivity contribution >= 4 is 34.5 Å². The number of amides is 1. The molecule has 0 unspecified atom stereocenters. The Morgan fingerprint density at radius 3 is 2.56 bits per heavy atom. The highest BCUT2D eigenvalue weighted by Gasteiger charge is 2.16. The number of hydrogen-bond donors (Lipinski definition) is 0. The lowest BCUT2D eigenvalue weighted by atomic mass is 10.1. The van der Waals surface area contributed by atoms with Gasteiger partial charge in [0.05, 0.1) is 21.2 Å². The number of rotatable bonds is 4. The third-order valence-corrected chi connectivity index (χ3v) is 5.34. The lowest BCUT2D eigenvalue weighted by Crippen LogP contribution is -2.17. The summed E-state index contributed by atoms with van der Waals surface area (Å²) < 4.78 is 1.98. The van der Waals surface area contributed by atoms with Crippen LogP contribution in [0.2, 0.25) is 5.02 Å². The van der Waals surface area contributed by atoms with Crippen LogP contribution in [0.15, 0.2) is 53.5 Å². The molecular formula is C19H16ClN3O3S. The molecule has 3 rings (SSSR count). The van der Waals surface area contributed by atoms with Gasteiger partial charge in [0.1, 0.15) is 0 Å². The lowest BCUT2D eigenvalue weighted by Gasteiger charge is -2.07. The molecule has 138 valence electrons. The lowest BCUT2D eigenvalue weighted by molar-refractivity contribution is -0.384. The van der Waals surface area contributed by atoms with Crippen LogP contribution in [0.5, 0.6) is 0 Å². The summed E-state index contributed by atoms with van der Waals surface area (Å²) >= 11 is 7.47. The Morgan fingerprint density at radius 2 is 1.96 bits per heavy atom. The van der Waals surface area contributed by atoms with Gasteiger partial charge in [0.25, 0.3) is 11.6 Å². The molecule has 0 saturated heterocycles. The second-order valence-electron chi connectivity index (χ2n) is 5.74. The molecule has 0 aliphatic carbocycles. The number of nitro benzene ring substituents is 1. The van der Waals surface area contributed by atoms with Crippen LogP contribution in [0, 0.1) is 17.0 Å². The molecule has 0 atom stereocenters. The van der Waals surface area contributed by atoms with E-state index in [4.69, 9.17) is 11.6 Å². The average molecular weight is 402 g/mol. The summed E-state index contributed by atoms with van der Waals surface area (Å²) in [7, 11) is 0. The highest BCUT2D eigenvalue weighted by Crippen LogP contribution is 2.26. The van der Waals surface area contributed by atoms with Gasteiger partial charge in [0.15, 0.2) is 4.80 Å². The minimum atomic E-state index is -0.558. The largest absolute Gasteiger partial charge is 0.316 e. The number of carbonyl (C=O) groups excluding carboxylic acids is 1. The van der Waals surface area contributed by atoms with E-state index in [1.54, 1.807) is 0 Å². The maximum absolute atomic E-state index is 12.6. The molecule has 0 radical (unpaired) electrons. The minimum Gasteiger partial charge on any atom is -0.316 e. The number of benzene rings is 2. The van der Waals surface area contributed by atoms with Crippen LogP contribution in [0.25, 0.3) is 11.3 Å². The first-order chi connectivity index (χ1) is 12.9. The van der Waals surface area contributed by atoms with Gasteiger partial charge in [0, 0.05) is 23.6 Å². The monoisotopic (exact) mass is 401 g/mol. The van der Waals surface area contributed by atoms with Gasteiger partial charge >= 0.3 is 0 Å². The van der Waals surface area contributed by atoms with Gasteiger partial charge in [-0.1, -0.05) is 41.9 Å². The molecule has 0 fully saturated rings. The summed E-state index contributed by atoms with van der Waals surface area (Å²) in [5.41, 5.74) is 2.04. The summed E-state index contributed by atoms with van der Waals surface area (Å²) in [6, 6.07) is 13.6. The number of hydrogen-bond acceptors (Lipinski definition) is 4. The average Bonchev–Trinajstić information content (AvgIpc) is 2.96. The second kappa shape index (κ2) is 7.85. The summed E-state index contributed by atoms with van der Waals surface area (Å²) in [4.78, 5) is 28.7. The molecule has 0 aliphatic rings. The van der Waals surface area contributed by atoms with Crippen molar-refractivity contribution in [1.82, 2.24) is 4.57 Å². The van der Waals surface area contributed by atoms with Crippen molar-refractivity contribution in [3.05, 3.63) is 78.9 Å². The van der Waals surface area contributed by atoms with Gasteiger partial charge < -0.3 is 4.57 Å². The molecule has 0 bridgehead atoms. The first-order valence-electron chi connectivity index (χ1n) is 8.21. The molecule has 27 heavy (non-hydrogen) atoms. The maximum atomic E-state index is 12.6. The molecule has 0 N–H and O–H groups in total. The van der Waals surface area contributed by atoms with Crippen LogP contribution in [0.1, 0.15) is 22.2 Å². The Morgan fingerprint density at radius 1 is 1.26 bits per heavy atom. The van der Waals surface area contributed by atoms with Crippen LogP contribution in [-0.2, 0) is 6.54 Å². The number of nitro groups is 1. The molecule has 0 aliphatic heterocycles. The number of aromatic nitrogens is 1. The molecule has 1 aromatic heterocycles. The molecule has 8 heteroatoms. The molecule has 0 saturated carbocycles. The van der Waals surface area contributed by atoms with Gasteiger partial charge in [-0.3, -0.25) is 14.9 Å². The fraction of sp³-hybridized carbons (Fsp3) is 0.158. The van der Waals surface area contributed by atoms with Crippen molar-refractivity contribution in [2.75, 3.05) is 0 Å². The van der Waals surface area contributed by atoms with E-state index in [2.05, 4.69) is 4.99 Å². The molecule has 3 aromatic rings. The van der Waals surface area contributed by atoms with Crippen LogP contribution < -0.4 is 4.80 Å². The third kappa shape index (κ3) is 3.84. The number of nitrogens with zero attached hydrogens (tertiary/aromatic N) is 3. The van der Waals surface area contributed by atoms with Crippen LogP contribution in [0.3, 0.4) is 0 Å². The van der Waals surface area contributed by atoms with Gasteiger partial charge in [-0.2, -0.15) is 4.99 Å². The van der Waals surface area contributed by atoms with Crippen LogP contribution in [-0.4, -0.2) is 15.4 Å². The van der Waals surface area contributed by atoms with E-state index < -0.39 is 10.8 Å². The van der Waals surface area contributed by atoms with Crippen molar-refractivity contribution in [2.24, 2.45) is 4.99 Å². The fourth-order valence-corrected chi connectivity index (χ4v) is 4.11. The highest BCUT2D eigenvalue weighted by molar-refractivity contribution is 7.09. The molecule has 1 heterocycles. The maximum Gasteiger partial charge on any atom is 0.281 e. The quantitative estimate of drug-likeness (QED) is 0.463. The number of aryl methyl sites for hydroxylation is 1. The normalized spacial score (nSPS) is 11.6. The first-order valence-corrected chi connectivity index (χ1v) is 9.40. The molecular weight excluding hydrogens is 386 g/mol. The Bertz CT molecular complexity index is 1090. The van der Waals surface area contributed by atoms with E-state index in [9.17, 15) is 14.9 Å². The van der Waals surface area contributed by atoms with Crippen molar-refractivity contribution < 1.29 is 9.72 Å².